The molecule has 3 aromatic rings. The lowest BCUT2D eigenvalue weighted by Crippen LogP contribution is -2.39. The Kier molecular flexibility index (Phi) is 5.20. The molecule has 1 heterocycles. The molecule has 0 saturated carbocycles. The van der Waals surface area contributed by atoms with Crippen molar-refractivity contribution in [2.45, 2.75) is 6.04 Å². The van der Waals surface area contributed by atoms with E-state index in [2.05, 4.69) is 21.2 Å². The van der Waals surface area contributed by atoms with E-state index in [0.717, 1.165) is 11.1 Å². The molecule has 0 bridgehead atoms. The first-order valence-corrected chi connectivity index (χ1v) is 9.91. The second kappa shape index (κ2) is 7.78. The van der Waals surface area contributed by atoms with Crippen LogP contribution in [0.1, 0.15) is 27.5 Å². The fourth-order valence-corrected chi connectivity index (χ4v) is 4.09. The van der Waals surface area contributed by atoms with Crippen LogP contribution in [0.4, 0.5) is 5.69 Å². The first-order valence-electron chi connectivity index (χ1n) is 8.74. The SMILES string of the molecule is O=C1CN(C(=O)c2ccccc2Br)[C@@H](c2ccccc2)c2cc(Cl)ccc2N1. The van der Waals surface area contributed by atoms with Gasteiger partial charge in [-0.05, 0) is 51.8 Å². The first-order chi connectivity index (χ1) is 13.5. The van der Waals surface area contributed by atoms with Gasteiger partial charge in [-0.25, -0.2) is 0 Å². The quantitative estimate of drug-likeness (QED) is 0.571. The van der Waals surface area contributed by atoms with Crippen molar-refractivity contribution in [2.75, 3.05) is 11.9 Å². The van der Waals surface area contributed by atoms with Crippen LogP contribution in [0.25, 0.3) is 0 Å². The third-order valence-corrected chi connectivity index (χ3v) is 5.61. The Morgan fingerprint density at radius 3 is 2.50 bits per heavy atom. The van der Waals surface area contributed by atoms with E-state index in [0.29, 0.717) is 20.7 Å². The second-order valence-electron chi connectivity index (χ2n) is 6.51. The van der Waals surface area contributed by atoms with E-state index in [9.17, 15) is 9.59 Å². The highest BCUT2D eigenvalue weighted by atomic mass is 79.9. The van der Waals surface area contributed by atoms with Crippen LogP contribution in [0.5, 0.6) is 0 Å². The largest absolute Gasteiger partial charge is 0.324 e. The van der Waals surface area contributed by atoms with Crippen LogP contribution in [0, 0.1) is 0 Å². The molecule has 1 aliphatic heterocycles. The van der Waals surface area contributed by atoms with Crippen LogP contribution < -0.4 is 5.32 Å². The average Bonchev–Trinajstić information content (AvgIpc) is 2.84. The molecule has 0 unspecified atom stereocenters. The van der Waals surface area contributed by atoms with E-state index in [1.807, 2.05) is 42.5 Å². The van der Waals surface area contributed by atoms with Crippen molar-refractivity contribution in [3.8, 4) is 0 Å². The zero-order chi connectivity index (χ0) is 19.7. The maximum Gasteiger partial charge on any atom is 0.256 e. The number of hydrogen-bond donors (Lipinski definition) is 1. The fraction of sp³-hybridized carbons (Fsp3) is 0.0909. The van der Waals surface area contributed by atoms with E-state index < -0.39 is 6.04 Å². The highest BCUT2D eigenvalue weighted by molar-refractivity contribution is 9.10. The molecule has 0 spiro atoms. The summed E-state index contributed by atoms with van der Waals surface area (Å²) in [5.41, 5.74) is 2.85. The Morgan fingerprint density at radius 2 is 1.75 bits per heavy atom. The minimum Gasteiger partial charge on any atom is -0.324 e. The number of halogens is 2. The summed E-state index contributed by atoms with van der Waals surface area (Å²) in [5, 5.41) is 3.44. The molecule has 6 heteroatoms. The predicted octanol–water partition coefficient (Wildman–Crippen LogP) is 5.29. The zero-order valence-corrected chi connectivity index (χ0v) is 17.1. The molecule has 2 amide bonds. The van der Waals surface area contributed by atoms with E-state index in [-0.39, 0.29) is 18.4 Å². The van der Waals surface area contributed by atoms with Crippen molar-refractivity contribution in [1.29, 1.82) is 0 Å². The van der Waals surface area contributed by atoms with E-state index in [1.165, 1.54) is 0 Å². The molecule has 0 radical (unpaired) electrons. The van der Waals surface area contributed by atoms with Gasteiger partial charge in [-0.15, -0.1) is 0 Å². The summed E-state index contributed by atoms with van der Waals surface area (Å²) in [7, 11) is 0. The predicted molar refractivity (Wildman–Crippen MR) is 114 cm³/mol. The lowest BCUT2D eigenvalue weighted by Gasteiger charge is -2.31. The van der Waals surface area contributed by atoms with Crippen molar-refractivity contribution >= 4 is 45.0 Å². The maximum absolute atomic E-state index is 13.5. The van der Waals surface area contributed by atoms with Gasteiger partial charge in [0, 0.05) is 20.7 Å². The van der Waals surface area contributed by atoms with Crippen molar-refractivity contribution in [3.05, 3.63) is 99.0 Å². The summed E-state index contributed by atoms with van der Waals surface area (Å²) < 4.78 is 0.683. The number of anilines is 1. The molecule has 4 rings (SSSR count). The molecule has 0 aromatic heterocycles. The number of amides is 2. The van der Waals surface area contributed by atoms with Gasteiger partial charge in [0.1, 0.15) is 6.54 Å². The van der Waals surface area contributed by atoms with E-state index in [4.69, 9.17) is 11.6 Å². The van der Waals surface area contributed by atoms with Crippen LogP contribution in [0.2, 0.25) is 5.02 Å². The van der Waals surface area contributed by atoms with Gasteiger partial charge in [0.05, 0.1) is 11.6 Å². The lowest BCUT2D eigenvalue weighted by molar-refractivity contribution is -0.117. The summed E-state index contributed by atoms with van der Waals surface area (Å²) in [6.07, 6.45) is 0. The van der Waals surface area contributed by atoms with Gasteiger partial charge in [0.25, 0.3) is 5.91 Å². The summed E-state index contributed by atoms with van der Waals surface area (Å²) >= 11 is 9.71. The minimum atomic E-state index is -0.451. The summed E-state index contributed by atoms with van der Waals surface area (Å²) in [6, 6.07) is 21.7. The topological polar surface area (TPSA) is 49.4 Å². The third kappa shape index (κ3) is 3.55. The summed E-state index contributed by atoms with van der Waals surface area (Å²) in [4.78, 5) is 27.7. The highest BCUT2D eigenvalue weighted by Gasteiger charge is 2.34. The van der Waals surface area contributed by atoms with Gasteiger partial charge in [-0.1, -0.05) is 54.1 Å². The number of nitrogens with zero attached hydrogens (tertiary/aromatic N) is 1. The number of carbonyl (C=O) groups excluding carboxylic acids is 2. The first kappa shape index (κ1) is 18.7. The number of nitrogens with one attached hydrogen (secondary N) is 1. The molecule has 1 aliphatic rings. The Labute approximate surface area is 176 Å². The lowest BCUT2D eigenvalue weighted by atomic mass is 9.95. The van der Waals surface area contributed by atoms with Gasteiger partial charge >= 0.3 is 0 Å². The smallest absolute Gasteiger partial charge is 0.256 e. The van der Waals surface area contributed by atoms with Crippen molar-refractivity contribution in [2.24, 2.45) is 0 Å². The minimum absolute atomic E-state index is 0.0635. The van der Waals surface area contributed by atoms with Crippen molar-refractivity contribution in [1.82, 2.24) is 4.90 Å². The van der Waals surface area contributed by atoms with Crippen LogP contribution in [-0.4, -0.2) is 23.3 Å². The van der Waals surface area contributed by atoms with Gasteiger partial charge in [-0.3, -0.25) is 9.59 Å². The van der Waals surface area contributed by atoms with Gasteiger partial charge in [-0.2, -0.15) is 0 Å². The highest BCUT2D eigenvalue weighted by Crippen LogP contribution is 2.38. The van der Waals surface area contributed by atoms with Gasteiger partial charge in [0.15, 0.2) is 0 Å². The molecule has 28 heavy (non-hydrogen) atoms. The monoisotopic (exact) mass is 454 g/mol. The average molecular weight is 456 g/mol. The van der Waals surface area contributed by atoms with Crippen molar-refractivity contribution in [3.63, 3.8) is 0 Å². The summed E-state index contributed by atoms with van der Waals surface area (Å²) in [6.45, 7) is -0.0635. The van der Waals surface area contributed by atoms with Crippen LogP contribution in [0.3, 0.4) is 0 Å². The van der Waals surface area contributed by atoms with Crippen LogP contribution in [-0.2, 0) is 4.79 Å². The maximum atomic E-state index is 13.5. The van der Waals surface area contributed by atoms with Gasteiger partial charge in [0.2, 0.25) is 5.91 Å². The zero-order valence-electron chi connectivity index (χ0n) is 14.7. The second-order valence-corrected chi connectivity index (χ2v) is 7.80. The molecule has 0 aliphatic carbocycles. The molecular weight excluding hydrogens is 440 g/mol. The Morgan fingerprint density at radius 1 is 1.04 bits per heavy atom. The molecule has 3 aromatic carbocycles. The molecule has 1 N–H and O–H groups in total. The van der Waals surface area contributed by atoms with E-state index in [1.54, 1.807) is 35.2 Å². The standard InChI is InChI=1S/C22H16BrClN2O2/c23-18-9-5-4-8-16(18)22(28)26-13-20(27)25-19-11-10-15(24)12-17(19)21(26)14-6-2-1-3-7-14/h1-12,21H,13H2,(H,25,27)/t21-/m0/s1. The Bertz CT molecular complexity index is 1060. The number of benzene rings is 3. The van der Waals surface area contributed by atoms with Crippen LogP contribution in [0.15, 0.2) is 77.3 Å². The fourth-order valence-electron chi connectivity index (χ4n) is 3.45. The van der Waals surface area contributed by atoms with Crippen molar-refractivity contribution < 1.29 is 9.59 Å². The normalized spacial score (nSPS) is 16.1. The molecule has 1 atom stereocenters. The Hall–Kier alpha value is -2.63. The molecule has 0 fully saturated rings. The number of fused-ring (bicyclic) bond motifs is 1. The molecule has 4 nitrogen and oxygen atoms in total. The number of hydrogen-bond acceptors (Lipinski definition) is 2. The Balaban J connectivity index is 1.91. The molecule has 0 saturated heterocycles. The summed E-state index contributed by atoms with van der Waals surface area (Å²) in [5.74, 6) is -0.480. The number of carbonyl (C=O) groups is 2. The number of rotatable bonds is 2. The third-order valence-electron chi connectivity index (χ3n) is 4.69. The molecular formula is C22H16BrClN2O2. The van der Waals surface area contributed by atoms with E-state index >= 15 is 0 Å². The van der Waals surface area contributed by atoms with Gasteiger partial charge < -0.3 is 10.2 Å². The van der Waals surface area contributed by atoms with Crippen LogP contribution >= 0.6 is 27.5 Å². The molecule has 140 valence electrons.